The van der Waals surface area contributed by atoms with Crippen LogP contribution in [0.15, 0.2) is 29.3 Å². The number of benzene rings is 1. The number of hydrogen-bond donors (Lipinski definition) is 0. The van der Waals surface area contributed by atoms with Gasteiger partial charge in [-0.25, -0.2) is 0 Å². The molecule has 3 unspecified atom stereocenters. The van der Waals surface area contributed by atoms with Gasteiger partial charge in [-0.3, -0.25) is 24.2 Å². The van der Waals surface area contributed by atoms with Crippen LogP contribution in [-0.4, -0.2) is 67.3 Å². The van der Waals surface area contributed by atoms with Gasteiger partial charge in [0.2, 0.25) is 0 Å². The Kier molecular flexibility index (Phi) is 11.8. The van der Waals surface area contributed by atoms with E-state index >= 15 is 0 Å². The van der Waals surface area contributed by atoms with Crippen molar-refractivity contribution in [2.24, 2.45) is 26.7 Å². The smallest absolute Gasteiger partial charge is 0.311 e. The predicted octanol–water partition coefficient (Wildman–Crippen LogP) is 5.95. The van der Waals surface area contributed by atoms with Crippen LogP contribution in [0.5, 0.6) is 0 Å². The molecule has 5 atom stereocenters. The van der Waals surface area contributed by atoms with E-state index in [1.165, 1.54) is 6.21 Å². The van der Waals surface area contributed by atoms with E-state index in [9.17, 15) is 19.2 Å². The fourth-order valence-electron chi connectivity index (χ4n) is 3.53. The molecule has 0 spiro atoms. The molecule has 11 heteroatoms. The van der Waals surface area contributed by atoms with E-state index in [4.69, 9.17) is 35.3 Å². The van der Waals surface area contributed by atoms with E-state index in [1.54, 1.807) is 107 Å². The van der Waals surface area contributed by atoms with Crippen LogP contribution < -0.4 is 0 Å². The minimum absolute atomic E-state index is 0.353. The van der Waals surface area contributed by atoms with Gasteiger partial charge in [-0.1, -0.05) is 23.7 Å². The first-order valence-electron chi connectivity index (χ1n) is 14.7. The normalized spacial score (nSPS) is 23.2. The number of rotatable bonds is 7. The summed E-state index contributed by atoms with van der Waals surface area (Å²) in [5.41, 5.74) is -3.03. The van der Waals surface area contributed by atoms with Crippen LogP contribution >= 0.6 is 11.6 Å². The summed E-state index contributed by atoms with van der Waals surface area (Å²) < 4.78 is 29.8. The lowest BCUT2D eigenvalue weighted by atomic mass is 9.92. The van der Waals surface area contributed by atoms with Crippen molar-refractivity contribution in [1.82, 2.24) is 0 Å². The van der Waals surface area contributed by atoms with E-state index in [2.05, 4.69) is 4.99 Å². The number of aliphatic imine (C=N–C) groups is 1. The molecule has 1 fully saturated rings. The highest BCUT2D eigenvalue weighted by Gasteiger charge is 2.54. The van der Waals surface area contributed by atoms with Gasteiger partial charge in [-0.05, 0) is 101 Å². The highest BCUT2D eigenvalue weighted by Crippen LogP contribution is 2.34. The summed E-state index contributed by atoms with van der Waals surface area (Å²) in [4.78, 5) is 57.1. The second-order valence-electron chi connectivity index (χ2n) is 15.1. The zero-order valence-electron chi connectivity index (χ0n) is 28.0. The van der Waals surface area contributed by atoms with Gasteiger partial charge in [0, 0.05) is 11.2 Å². The summed E-state index contributed by atoms with van der Waals surface area (Å²) in [6.07, 6.45) is -4.88. The molecule has 0 aliphatic carbocycles. The maximum absolute atomic E-state index is 13.3. The summed E-state index contributed by atoms with van der Waals surface area (Å²) in [5, 5.41) is 0.534. The minimum Gasteiger partial charge on any atom is -0.462 e. The molecule has 0 amide bonds. The number of esters is 4. The lowest BCUT2D eigenvalue weighted by Crippen LogP contribution is -2.63. The van der Waals surface area contributed by atoms with Crippen molar-refractivity contribution in [3.63, 3.8) is 0 Å². The second-order valence-corrected chi connectivity index (χ2v) is 15.5. The molecule has 1 heterocycles. The first-order valence-corrected chi connectivity index (χ1v) is 15.0. The van der Waals surface area contributed by atoms with Crippen molar-refractivity contribution in [2.45, 2.75) is 114 Å². The maximum Gasteiger partial charge on any atom is 0.311 e. The molecule has 0 bridgehead atoms. The Labute approximate surface area is 266 Å². The number of hydrogen-bond acceptors (Lipinski definition) is 10. The Hall–Kier alpha value is -2.98. The Morgan fingerprint density at radius 3 is 1.52 bits per heavy atom. The monoisotopic (exact) mass is 637 g/mol. The molecule has 1 aliphatic rings. The summed E-state index contributed by atoms with van der Waals surface area (Å²) >= 11 is 6.03. The molecule has 1 saturated heterocycles. The fourth-order valence-corrected chi connectivity index (χ4v) is 3.66. The molecule has 1 aromatic carbocycles. The zero-order valence-corrected chi connectivity index (χ0v) is 28.7. The Morgan fingerprint density at radius 2 is 1.09 bits per heavy atom. The number of carbonyl (C=O) groups excluding carboxylic acids is 4. The third kappa shape index (κ3) is 10.6. The molecule has 2 rings (SSSR count). The van der Waals surface area contributed by atoms with Gasteiger partial charge in [-0.15, -0.1) is 0 Å². The van der Waals surface area contributed by atoms with Crippen molar-refractivity contribution >= 4 is 41.7 Å². The van der Waals surface area contributed by atoms with Gasteiger partial charge in [0.05, 0.1) is 21.7 Å². The van der Waals surface area contributed by atoms with E-state index in [0.717, 1.165) is 0 Å². The first-order chi connectivity index (χ1) is 19.9. The Balaban J connectivity index is 2.71. The Morgan fingerprint density at radius 1 is 0.682 bits per heavy atom. The largest absolute Gasteiger partial charge is 0.462 e. The van der Waals surface area contributed by atoms with Gasteiger partial charge in [0.1, 0.15) is 12.7 Å². The molecule has 0 N–H and O–H groups in total. The van der Waals surface area contributed by atoms with Gasteiger partial charge in [0.25, 0.3) is 0 Å². The highest BCUT2D eigenvalue weighted by molar-refractivity contribution is 6.30. The van der Waals surface area contributed by atoms with Crippen LogP contribution in [0.25, 0.3) is 0 Å². The van der Waals surface area contributed by atoms with E-state index in [-0.39, 0.29) is 6.61 Å². The standard InChI is InChI=1S/C33H48ClNO9/c1-30(2,3)26(36)40-18-21-22(42-27(37)31(4,5)6)23(43-28(38)32(7,8)9)24(44-29(39)33(10,11)12)25(41-21)35-17-19-13-15-20(34)16-14-19/h13-17,21-25H,18H2,1-12H3/b35-17+/t21?,22-,23?,24?,25+/m0/s1. The molecule has 0 aromatic heterocycles. The van der Waals surface area contributed by atoms with Crippen molar-refractivity contribution < 1.29 is 42.9 Å². The Bertz CT molecular complexity index is 1210. The predicted molar refractivity (Wildman–Crippen MR) is 166 cm³/mol. The van der Waals surface area contributed by atoms with Crippen molar-refractivity contribution in [2.75, 3.05) is 6.61 Å². The zero-order chi connectivity index (χ0) is 33.8. The van der Waals surface area contributed by atoms with Gasteiger partial charge in [0.15, 0.2) is 24.5 Å². The molecule has 1 aliphatic heterocycles. The van der Waals surface area contributed by atoms with Crippen LogP contribution in [0, 0.1) is 21.7 Å². The first kappa shape index (κ1) is 37.2. The van der Waals surface area contributed by atoms with Crippen LogP contribution in [0.4, 0.5) is 0 Å². The van der Waals surface area contributed by atoms with Gasteiger partial charge < -0.3 is 23.7 Å². The average molecular weight is 638 g/mol. The van der Waals surface area contributed by atoms with Gasteiger partial charge in [-0.2, -0.15) is 0 Å². The molecular formula is C33H48ClNO9. The van der Waals surface area contributed by atoms with Crippen LogP contribution in [0.3, 0.4) is 0 Å². The quantitative estimate of drug-likeness (QED) is 0.202. The van der Waals surface area contributed by atoms with Crippen molar-refractivity contribution in [3.8, 4) is 0 Å². The summed E-state index contributed by atoms with van der Waals surface area (Å²) in [7, 11) is 0. The SMILES string of the molecule is CC(C)(C)C(=O)OCC1O[C@@H](/N=C/c2ccc(Cl)cc2)C(OC(=O)C(C)(C)C)C(OC(=O)C(C)(C)C)[C@H]1OC(=O)C(C)(C)C. The molecule has 1 aromatic rings. The lowest BCUT2D eigenvalue weighted by molar-refractivity contribution is -0.258. The topological polar surface area (TPSA) is 127 Å². The van der Waals surface area contributed by atoms with Crippen LogP contribution in [0.2, 0.25) is 5.02 Å². The fraction of sp³-hybridized carbons (Fsp3) is 0.667. The van der Waals surface area contributed by atoms with Crippen LogP contribution in [0.1, 0.15) is 88.6 Å². The number of halogens is 1. The molecule has 0 radical (unpaired) electrons. The maximum atomic E-state index is 13.3. The molecule has 10 nitrogen and oxygen atoms in total. The molecular weight excluding hydrogens is 590 g/mol. The van der Waals surface area contributed by atoms with E-state index < -0.39 is 76.2 Å². The summed E-state index contributed by atoms with van der Waals surface area (Å²) in [6, 6.07) is 6.84. The third-order valence-corrected chi connectivity index (χ3v) is 6.66. The van der Waals surface area contributed by atoms with E-state index in [1.807, 2.05) is 0 Å². The summed E-state index contributed by atoms with van der Waals surface area (Å²) in [5.74, 6) is -2.40. The number of nitrogens with zero attached hydrogens (tertiary/aromatic N) is 1. The second kappa shape index (κ2) is 14.0. The molecule has 44 heavy (non-hydrogen) atoms. The number of ether oxygens (including phenoxy) is 5. The lowest BCUT2D eigenvalue weighted by Gasteiger charge is -2.45. The molecule has 0 saturated carbocycles. The third-order valence-electron chi connectivity index (χ3n) is 6.41. The summed E-state index contributed by atoms with van der Waals surface area (Å²) in [6.45, 7) is 19.8. The minimum atomic E-state index is -1.36. The number of carbonyl (C=O) groups is 4. The average Bonchev–Trinajstić information content (AvgIpc) is 2.87. The van der Waals surface area contributed by atoms with Crippen molar-refractivity contribution in [1.29, 1.82) is 0 Å². The van der Waals surface area contributed by atoms with Crippen molar-refractivity contribution in [3.05, 3.63) is 34.9 Å². The molecule has 246 valence electrons. The van der Waals surface area contributed by atoms with Crippen LogP contribution in [-0.2, 0) is 42.9 Å². The van der Waals surface area contributed by atoms with E-state index in [0.29, 0.717) is 10.6 Å². The van der Waals surface area contributed by atoms with Gasteiger partial charge >= 0.3 is 23.9 Å². The highest BCUT2D eigenvalue weighted by atomic mass is 35.5.